The molecule has 0 unspecified atom stereocenters. The summed E-state index contributed by atoms with van der Waals surface area (Å²) in [6.45, 7) is 0.0990. The van der Waals surface area contributed by atoms with E-state index in [0.717, 1.165) is 4.90 Å². The SMILES string of the molecule is COc1ccccc1C1=C(Sc2ccc(Cl)cc2)C(=O)N(Cc2ccccn2)C1=O. The number of benzene rings is 2. The highest BCUT2D eigenvalue weighted by molar-refractivity contribution is 8.04. The van der Waals surface area contributed by atoms with Crippen molar-refractivity contribution in [2.24, 2.45) is 0 Å². The molecular weight excluding hydrogens is 420 g/mol. The van der Waals surface area contributed by atoms with Gasteiger partial charge in [0.2, 0.25) is 0 Å². The van der Waals surface area contributed by atoms with E-state index in [-0.39, 0.29) is 18.4 Å². The number of aromatic nitrogens is 1. The highest BCUT2D eigenvalue weighted by Gasteiger charge is 2.40. The zero-order valence-corrected chi connectivity index (χ0v) is 17.6. The fourth-order valence-electron chi connectivity index (χ4n) is 3.15. The first-order chi connectivity index (χ1) is 14.6. The Morgan fingerprint density at radius 2 is 1.70 bits per heavy atom. The minimum atomic E-state index is -0.369. The van der Waals surface area contributed by atoms with Gasteiger partial charge < -0.3 is 4.74 Å². The number of nitrogens with zero attached hydrogens (tertiary/aromatic N) is 2. The molecular formula is C23H17ClN2O3S. The predicted octanol–water partition coefficient (Wildman–Crippen LogP) is 4.82. The first-order valence-corrected chi connectivity index (χ1v) is 10.3. The van der Waals surface area contributed by atoms with Crippen LogP contribution in [0.5, 0.6) is 5.75 Å². The standard InChI is InChI=1S/C23H17ClN2O3S/c1-29-19-8-3-2-7-18(19)20-21(30-17-11-9-15(24)10-12-17)23(28)26(22(20)27)14-16-6-4-5-13-25-16/h2-13H,14H2,1H3. The van der Waals surface area contributed by atoms with Crippen molar-refractivity contribution in [1.29, 1.82) is 0 Å². The maximum atomic E-state index is 13.4. The minimum Gasteiger partial charge on any atom is -0.496 e. The topological polar surface area (TPSA) is 59.5 Å². The molecule has 1 aliphatic heterocycles. The molecule has 5 nitrogen and oxygen atoms in total. The van der Waals surface area contributed by atoms with Gasteiger partial charge in [0.25, 0.3) is 11.8 Å². The third-order valence-corrected chi connectivity index (χ3v) is 5.92. The number of imide groups is 1. The summed E-state index contributed by atoms with van der Waals surface area (Å²) in [7, 11) is 1.54. The number of ether oxygens (including phenoxy) is 1. The van der Waals surface area contributed by atoms with Gasteiger partial charge in [-0.1, -0.05) is 47.6 Å². The van der Waals surface area contributed by atoms with Gasteiger partial charge in [-0.2, -0.15) is 0 Å². The molecule has 2 aromatic carbocycles. The summed E-state index contributed by atoms with van der Waals surface area (Å²) < 4.78 is 5.45. The Hall–Kier alpha value is -3.09. The lowest BCUT2D eigenvalue weighted by atomic mass is 10.1. The van der Waals surface area contributed by atoms with E-state index in [2.05, 4.69) is 4.98 Å². The second kappa shape index (κ2) is 8.73. The van der Waals surface area contributed by atoms with Gasteiger partial charge in [0.1, 0.15) is 5.75 Å². The largest absolute Gasteiger partial charge is 0.496 e. The van der Waals surface area contributed by atoms with Gasteiger partial charge in [0.15, 0.2) is 0 Å². The normalized spacial score (nSPS) is 13.9. The Balaban J connectivity index is 1.78. The number of carbonyl (C=O) groups is 2. The van der Waals surface area contributed by atoms with Crippen molar-refractivity contribution in [2.45, 2.75) is 11.4 Å². The number of carbonyl (C=O) groups excluding carboxylic acids is 2. The second-order valence-corrected chi connectivity index (χ2v) is 8.00. The summed E-state index contributed by atoms with van der Waals surface area (Å²) in [5, 5.41) is 0.601. The van der Waals surface area contributed by atoms with Gasteiger partial charge >= 0.3 is 0 Å². The third kappa shape index (κ3) is 3.97. The summed E-state index contributed by atoms with van der Waals surface area (Å²) in [6, 6.07) is 19.7. The molecule has 0 aliphatic carbocycles. The van der Waals surface area contributed by atoms with Crippen molar-refractivity contribution in [3.63, 3.8) is 0 Å². The molecule has 7 heteroatoms. The van der Waals surface area contributed by atoms with E-state index in [1.807, 2.05) is 30.3 Å². The quantitative estimate of drug-likeness (QED) is 0.518. The molecule has 0 spiro atoms. The molecule has 30 heavy (non-hydrogen) atoms. The number of pyridine rings is 1. The Labute approximate surface area is 183 Å². The van der Waals surface area contributed by atoms with Crippen molar-refractivity contribution in [1.82, 2.24) is 9.88 Å². The third-order valence-electron chi connectivity index (χ3n) is 4.58. The Kier molecular flexibility index (Phi) is 5.88. The first-order valence-electron chi connectivity index (χ1n) is 9.15. The maximum absolute atomic E-state index is 13.4. The fourth-order valence-corrected chi connectivity index (χ4v) is 4.29. The number of rotatable bonds is 6. The smallest absolute Gasteiger partial charge is 0.268 e. The summed E-state index contributed by atoms with van der Waals surface area (Å²) in [4.78, 5) is 33.3. The van der Waals surface area contributed by atoms with Crippen LogP contribution in [0.1, 0.15) is 11.3 Å². The Morgan fingerprint density at radius 3 is 2.40 bits per heavy atom. The molecule has 0 saturated carbocycles. The van der Waals surface area contributed by atoms with Crippen LogP contribution in [0.15, 0.2) is 82.7 Å². The lowest BCUT2D eigenvalue weighted by Gasteiger charge is -2.15. The number of hydrogen-bond donors (Lipinski definition) is 0. The number of halogens is 1. The molecule has 0 N–H and O–H groups in total. The van der Waals surface area contributed by atoms with E-state index in [1.165, 1.54) is 23.8 Å². The minimum absolute atomic E-state index is 0.0990. The van der Waals surface area contributed by atoms with Crippen molar-refractivity contribution in [3.05, 3.63) is 94.1 Å². The van der Waals surface area contributed by atoms with Crippen LogP contribution in [-0.2, 0) is 16.1 Å². The van der Waals surface area contributed by atoms with E-state index in [9.17, 15) is 9.59 Å². The summed E-state index contributed by atoms with van der Waals surface area (Å²) in [5.74, 6) is -0.194. The summed E-state index contributed by atoms with van der Waals surface area (Å²) in [6.07, 6.45) is 1.64. The predicted molar refractivity (Wildman–Crippen MR) is 117 cm³/mol. The van der Waals surface area contributed by atoms with Crippen LogP contribution in [-0.4, -0.2) is 28.8 Å². The zero-order valence-electron chi connectivity index (χ0n) is 16.0. The number of thioether (sulfide) groups is 1. The lowest BCUT2D eigenvalue weighted by Crippen LogP contribution is -2.31. The van der Waals surface area contributed by atoms with Gasteiger partial charge in [-0.25, -0.2) is 0 Å². The molecule has 1 aliphatic rings. The maximum Gasteiger partial charge on any atom is 0.268 e. The van der Waals surface area contributed by atoms with Crippen LogP contribution < -0.4 is 4.74 Å². The highest BCUT2D eigenvalue weighted by atomic mass is 35.5. The molecule has 0 radical (unpaired) electrons. The zero-order chi connectivity index (χ0) is 21.1. The highest BCUT2D eigenvalue weighted by Crippen LogP contribution is 2.42. The summed E-state index contributed by atoms with van der Waals surface area (Å²) >= 11 is 7.22. The average Bonchev–Trinajstić information content (AvgIpc) is 3.00. The number of amides is 2. The second-order valence-electron chi connectivity index (χ2n) is 6.48. The van der Waals surface area contributed by atoms with Crippen LogP contribution in [0.3, 0.4) is 0 Å². The molecule has 2 amide bonds. The average molecular weight is 437 g/mol. The Bertz CT molecular complexity index is 1130. The van der Waals surface area contributed by atoms with Gasteiger partial charge in [-0.15, -0.1) is 0 Å². The number of hydrogen-bond acceptors (Lipinski definition) is 5. The molecule has 0 saturated heterocycles. The molecule has 150 valence electrons. The molecule has 1 aromatic heterocycles. The molecule has 0 atom stereocenters. The van der Waals surface area contributed by atoms with E-state index in [4.69, 9.17) is 16.3 Å². The van der Waals surface area contributed by atoms with Crippen LogP contribution in [0.2, 0.25) is 5.02 Å². The van der Waals surface area contributed by atoms with Gasteiger partial charge in [0, 0.05) is 21.7 Å². The van der Waals surface area contributed by atoms with Gasteiger partial charge in [-0.05, 0) is 42.5 Å². The van der Waals surface area contributed by atoms with Crippen molar-refractivity contribution >= 4 is 40.8 Å². The van der Waals surface area contributed by atoms with E-state index in [1.54, 1.807) is 42.6 Å². The molecule has 4 rings (SSSR count). The van der Waals surface area contributed by atoms with Crippen LogP contribution in [0.25, 0.3) is 5.57 Å². The van der Waals surface area contributed by atoms with E-state index >= 15 is 0 Å². The van der Waals surface area contributed by atoms with Crippen LogP contribution in [0.4, 0.5) is 0 Å². The van der Waals surface area contributed by atoms with Crippen molar-refractivity contribution in [3.8, 4) is 5.75 Å². The molecule has 3 aromatic rings. The molecule has 0 bridgehead atoms. The van der Waals surface area contributed by atoms with Crippen LogP contribution >= 0.6 is 23.4 Å². The molecule has 2 heterocycles. The monoisotopic (exact) mass is 436 g/mol. The van der Waals surface area contributed by atoms with E-state index < -0.39 is 0 Å². The van der Waals surface area contributed by atoms with Gasteiger partial charge in [0.05, 0.1) is 29.8 Å². The lowest BCUT2D eigenvalue weighted by molar-refractivity contribution is -0.137. The number of para-hydroxylation sites is 1. The Morgan fingerprint density at radius 1 is 0.967 bits per heavy atom. The first kappa shape index (κ1) is 20.2. The van der Waals surface area contributed by atoms with E-state index in [0.29, 0.717) is 32.5 Å². The molecule has 0 fully saturated rings. The van der Waals surface area contributed by atoms with Crippen molar-refractivity contribution < 1.29 is 14.3 Å². The summed E-state index contributed by atoms with van der Waals surface area (Å²) in [5.41, 5.74) is 1.54. The van der Waals surface area contributed by atoms with Gasteiger partial charge in [-0.3, -0.25) is 19.5 Å². The van der Waals surface area contributed by atoms with Crippen LogP contribution in [0, 0.1) is 0 Å². The fraction of sp³-hybridized carbons (Fsp3) is 0.0870. The van der Waals surface area contributed by atoms with Crippen molar-refractivity contribution in [2.75, 3.05) is 7.11 Å². The number of methoxy groups -OCH3 is 1.